The third kappa shape index (κ3) is 2.32. The molecule has 2 atom stereocenters. The first-order valence-corrected chi connectivity index (χ1v) is 6.24. The van der Waals surface area contributed by atoms with Crippen molar-refractivity contribution < 1.29 is 4.79 Å². The van der Waals surface area contributed by atoms with Gasteiger partial charge in [-0.3, -0.25) is 4.79 Å². The lowest BCUT2D eigenvalue weighted by Gasteiger charge is -2.24. The minimum Gasteiger partial charge on any atom is -0.352 e. The van der Waals surface area contributed by atoms with Crippen LogP contribution in [0.3, 0.4) is 0 Å². The molecule has 1 aliphatic rings. The smallest absolute Gasteiger partial charge is 0.163 e. The first-order chi connectivity index (χ1) is 8.52. The maximum Gasteiger partial charge on any atom is 0.163 e. The van der Waals surface area contributed by atoms with Crippen molar-refractivity contribution in [3.63, 3.8) is 0 Å². The number of Topliss-reactive ketones (excluding diaryl/α,β-unsaturated/α-hetero) is 1. The minimum atomic E-state index is -0.0400. The Kier molecular flexibility index (Phi) is 3.53. The Morgan fingerprint density at radius 3 is 2.89 bits per heavy atom. The number of hydrogen-bond donors (Lipinski definition) is 0. The van der Waals surface area contributed by atoms with Gasteiger partial charge in [-0.25, -0.2) is 4.98 Å². The molecule has 2 rings (SSSR count). The SMILES string of the molecule is CC(=O)c1ccc(Cl)nc1N1CC(C#N)CC1C. The summed E-state index contributed by atoms with van der Waals surface area (Å²) in [6, 6.07) is 5.77. The van der Waals surface area contributed by atoms with Crippen LogP contribution in [0.15, 0.2) is 12.1 Å². The number of pyridine rings is 1. The molecule has 1 fully saturated rings. The van der Waals surface area contributed by atoms with Crippen LogP contribution < -0.4 is 4.90 Å². The normalized spacial score (nSPS) is 22.9. The molecule has 2 unspecified atom stereocenters. The molecule has 0 aliphatic carbocycles. The second-order valence-electron chi connectivity index (χ2n) is 4.62. The van der Waals surface area contributed by atoms with Gasteiger partial charge in [-0.1, -0.05) is 11.6 Å². The second-order valence-corrected chi connectivity index (χ2v) is 5.01. The highest BCUT2D eigenvalue weighted by Crippen LogP contribution is 2.30. The highest BCUT2D eigenvalue weighted by atomic mass is 35.5. The monoisotopic (exact) mass is 263 g/mol. The molecule has 0 bridgehead atoms. The molecule has 1 saturated heterocycles. The standard InChI is InChI=1S/C13H14ClN3O/c1-8-5-10(6-15)7-17(8)13-11(9(2)18)3-4-12(14)16-13/h3-4,8,10H,5,7H2,1-2H3. The van der Waals surface area contributed by atoms with Gasteiger partial charge in [-0.2, -0.15) is 5.26 Å². The molecule has 94 valence electrons. The quantitative estimate of drug-likeness (QED) is 0.608. The van der Waals surface area contributed by atoms with Crippen molar-refractivity contribution in [2.45, 2.75) is 26.3 Å². The average Bonchev–Trinajstić information content (AvgIpc) is 2.70. The molecule has 1 aromatic heterocycles. The van der Waals surface area contributed by atoms with Crippen molar-refractivity contribution in [3.05, 3.63) is 22.8 Å². The van der Waals surface area contributed by atoms with Crippen LogP contribution >= 0.6 is 11.6 Å². The Labute approximate surface area is 111 Å². The lowest BCUT2D eigenvalue weighted by molar-refractivity contribution is 0.101. The Hall–Kier alpha value is -1.60. The molecule has 1 aliphatic heterocycles. The van der Waals surface area contributed by atoms with Crippen molar-refractivity contribution in [1.82, 2.24) is 4.98 Å². The highest BCUT2D eigenvalue weighted by Gasteiger charge is 2.31. The summed E-state index contributed by atoms with van der Waals surface area (Å²) in [7, 11) is 0. The van der Waals surface area contributed by atoms with E-state index in [0.29, 0.717) is 23.1 Å². The van der Waals surface area contributed by atoms with E-state index in [1.807, 2.05) is 11.8 Å². The summed E-state index contributed by atoms with van der Waals surface area (Å²) in [6.07, 6.45) is 0.794. The zero-order valence-electron chi connectivity index (χ0n) is 10.4. The molecule has 18 heavy (non-hydrogen) atoms. The van der Waals surface area contributed by atoms with Gasteiger partial charge in [0, 0.05) is 12.6 Å². The van der Waals surface area contributed by atoms with Crippen LogP contribution in [-0.4, -0.2) is 23.4 Å². The summed E-state index contributed by atoms with van der Waals surface area (Å²) in [5, 5.41) is 9.36. The van der Waals surface area contributed by atoms with E-state index >= 15 is 0 Å². The van der Waals surface area contributed by atoms with Gasteiger partial charge in [0.1, 0.15) is 11.0 Å². The van der Waals surface area contributed by atoms with Gasteiger partial charge in [0.05, 0.1) is 17.6 Å². The Bertz CT molecular complexity index is 523. The van der Waals surface area contributed by atoms with Crippen LogP contribution in [0.25, 0.3) is 0 Å². The van der Waals surface area contributed by atoms with Gasteiger partial charge in [0.15, 0.2) is 5.78 Å². The Morgan fingerprint density at radius 1 is 1.61 bits per heavy atom. The molecule has 2 heterocycles. The first-order valence-electron chi connectivity index (χ1n) is 5.86. The number of ketones is 1. The van der Waals surface area contributed by atoms with E-state index in [2.05, 4.69) is 11.1 Å². The van der Waals surface area contributed by atoms with Crippen molar-refractivity contribution >= 4 is 23.2 Å². The summed E-state index contributed by atoms with van der Waals surface area (Å²) in [4.78, 5) is 17.9. The van der Waals surface area contributed by atoms with Crippen molar-refractivity contribution in [2.75, 3.05) is 11.4 Å². The predicted molar refractivity (Wildman–Crippen MR) is 69.8 cm³/mol. The molecule has 0 radical (unpaired) electrons. The van der Waals surface area contributed by atoms with Gasteiger partial charge in [0.25, 0.3) is 0 Å². The van der Waals surface area contributed by atoms with E-state index in [4.69, 9.17) is 16.9 Å². The van der Waals surface area contributed by atoms with Crippen LogP contribution in [0, 0.1) is 17.2 Å². The molecular formula is C13H14ClN3O. The lowest BCUT2D eigenvalue weighted by atomic mass is 10.1. The fourth-order valence-corrected chi connectivity index (χ4v) is 2.48. The maximum absolute atomic E-state index is 11.6. The average molecular weight is 264 g/mol. The zero-order chi connectivity index (χ0) is 13.3. The Morgan fingerprint density at radius 2 is 2.33 bits per heavy atom. The van der Waals surface area contributed by atoms with Crippen LogP contribution in [0.4, 0.5) is 5.82 Å². The van der Waals surface area contributed by atoms with E-state index in [0.717, 1.165) is 6.42 Å². The number of carbonyl (C=O) groups is 1. The van der Waals surface area contributed by atoms with Crippen LogP contribution in [-0.2, 0) is 0 Å². The second kappa shape index (κ2) is 4.95. The largest absolute Gasteiger partial charge is 0.352 e. The van der Waals surface area contributed by atoms with E-state index in [1.165, 1.54) is 6.92 Å². The van der Waals surface area contributed by atoms with Crippen LogP contribution in [0.1, 0.15) is 30.6 Å². The minimum absolute atomic E-state index is 0.0133. The molecule has 0 saturated carbocycles. The van der Waals surface area contributed by atoms with Crippen LogP contribution in [0.2, 0.25) is 5.15 Å². The van der Waals surface area contributed by atoms with Crippen molar-refractivity contribution in [1.29, 1.82) is 5.26 Å². The molecule has 0 N–H and O–H groups in total. The molecule has 0 spiro atoms. The summed E-state index contributed by atoms with van der Waals surface area (Å²) in [6.45, 7) is 4.14. The van der Waals surface area contributed by atoms with E-state index in [-0.39, 0.29) is 17.7 Å². The number of carbonyl (C=O) groups excluding carboxylic acids is 1. The van der Waals surface area contributed by atoms with Crippen molar-refractivity contribution in [3.8, 4) is 6.07 Å². The number of halogens is 1. The van der Waals surface area contributed by atoms with Gasteiger partial charge in [-0.05, 0) is 32.4 Å². The fourth-order valence-electron chi connectivity index (χ4n) is 2.34. The van der Waals surface area contributed by atoms with Gasteiger partial charge >= 0.3 is 0 Å². The number of nitrogens with zero attached hydrogens (tertiary/aromatic N) is 3. The number of hydrogen-bond acceptors (Lipinski definition) is 4. The highest BCUT2D eigenvalue weighted by molar-refractivity contribution is 6.29. The zero-order valence-corrected chi connectivity index (χ0v) is 11.1. The molecule has 4 nitrogen and oxygen atoms in total. The predicted octanol–water partition coefficient (Wildman–Crippen LogP) is 2.68. The van der Waals surface area contributed by atoms with Gasteiger partial charge in [0.2, 0.25) is 0 Å². The number of aromatic nitrogens is 1. The topological polar surface area (TPSA) is 57.0 Å². The maximum atomic E-state index is 11.6. The van der Waals surface area contributed by atoms with Gasteiger partial charge < -0.3 is 4.90 Å². The summed E-state index contributed by atoms with van der Waals surface area (Å²) in [5.41, 5.74) is 0.560. The summed E-state index contributed by atoms with van der Waals surface area (Å²) in [5.74, 6) is 0.544. The lowest BCUT2D eigenvalue weighted by Crippen LogP contribution is -2.29. The first kappa shape index (κ1) is 12.8. The Balaban J connectivity index is 2.41. The van der Waals surface area contributed by atoms with E-state index in [9.17, 15) is 4.79 Å². The fraction of sp³-hybridized carbons (Fsp3) is 0.462. The number of anilines is 1. The van der Waals surface area contributed by atoms with E-state index in [1.54, 1.807) is 12.1 Å². The van der Waals surface area contributed by atoms with Crippen LogP contribution in [0.5, 0.6) is 0 Å². The molecule has 0 amide bonds. The number of rotatable bonds is 2. The van der Waals surface area contributed by atoms with E-state index < -0.39 is 0 Å². The van der Waals surface area contributed by atoms with Gasteiger partial charge in [-0.15, -0.1) is 0 Å². The molecule has 0 aromatic carbocycles. The third-order valence-electron chi connectivity index (χ3n) is 3.25. The third-order valence-corrected chi connectivity index (χ3v) is 3.46. The number of nitriles is 1. The molecule has 1 aromatic rings. The summed E-state index contributed by atoms with van der Waals surface area (Å²) < 4.78 is 0. The summed E-state index contributed by atoms with van der Waals surface area (Å²) >= 11 is 5.90. The molecular weight excluding hydrogens is 250 g/mol. The van der Waals surface area contributed by atoms with Crippen molar-refractivity contribution in [2.24, 2.45) is 5.92 Å². The molecule has 5 heteroatoms.